The number of rotatable bonds is 1. The van der Waals surface area contributed by atoms with E-state index < -0.39 is 0 Å². The fraction of sp³-hybridized carbons (Fsp3) is 0.0500. The molecule has 0 unspecified atom stereocenters. The Bertz CT molecular complexity index is 1500. The molecule has 0 bridgehead atoms. The van der Waals surface area contributed by atoms with E-state index in [4.69, 9.17) is 5.10 Å². The maximum Gasteiger partial charge on any atom is 0.190 e. The van der Waals surface area contributed by atoms with Gasteiger partial charge in [0, 0.05) is 5.39 Å². The van der Waals surface area contributed by atoms with Crippen molar-refractivity contribution >= 4 is 54.7 Å². The number of fused-ring (bicyclic) bond motifs is 5. The lowest BCUT2D eigenvalue weighted by Gasteiger charge is -2.01. The Labute approximate surface area is 157 Å². The zero-order chi connectivity index (χ0) is 18.0. The molecule has 0 N–H and O–H groups in total. The van der Waals surface area contributed by atoms with Crippen molar-refractivity contribution in [3.8, 4) is 5.69 Å². The minimum absolute atomic E-state index is 0.687. The number of hydrogen-bond acceptors (Lipinski definition) is 6. The predicted octanol–water partition coefficient (Wildman–Crippen LogP) is 4.44. The van der Waals surface area contributed by atoms with Gasteiger partial charge in [-0.15, -0.1) is 10.2 Å². The highest BCUT2D eigenvalue weighted by molar-refractivity contribution is 7.18. The van der Waals surface area contributed by atoms with Crippen LogP contribution in [0.15, 0.2) is 54.6 Å². The molecule has 3 aromatic heterocycles. The zero-order valence-corrected chi connectivity index (χ0v) is 15.1. The van der Waals surface area contributed by atoms with E-state index >= 15 is 0 Å². The summed E-state index contributed by atoms with van der Waals surface area (Å²) in [6, 6.07) is 18.2. The van der Waals surface area contributed by atoms with Crippen molar-refractivity contribution in [2.24, 2.45) is 0 Å². The van der Waals surface area contributed by atoms with Crippen LogP contribution >= 0.6 is 11.3 Å². The normalized spacial score (nSPS) is 11.9. The summed E-state index contributed by atoms with van der Waals surface area (Å²) in [6.45, 7) is 1.97. The third-order valence-electron chi connectivity index (χ3n) is 4.61. The molecule has 6 nitrogen and oxygen atoms in total. The van der Waals surface area contributed by atoms with Gasteiger partial charge in [-0.25, -0.2) is 15.0 Å². The van der Waals surface area contributed by atoms with Gasteiger partial charge in [-0.1, -0.05) is 41.7 Å². The highest BCUT2D eigenvalue weighted by Crippen LogP contribution is 2.25. The van der Waals surface area contributed by atoms with Gasteiger partial charge in [0.1, 0.15) is 11.0 Å². The first-order valence-corrected chi connectivity index (χ1v) is 9.36. The molecule has 7 heteroatoms. The van der Waals surface area contributed by atoms with Crippen LogP contribution in [0.2, 0.25) is 0 Å². The third kappa shape index (κ3) is 2.22. The topological polar surface area (TPSA) is 69.4 Å². The SMILES string of the molecule is Cc1nc2nc3cc(-n4nc5ccc6ccccc6c5n4)ccc3nc2s1. The summed E-state index contributed by atoms with van der Waals surface area (Å²) in [6.07, 6.45) is 0. The van der Waals surface area contributed by atoms with E-state index in [0.29, 0.717) is 5.65 Å². The third-order valence-corrected chi connectivity index (χ3v) is 5.47. The van der Waals surface area contributed by atoms with Crippen LogP contribution in [0.1, 0.15) is 5.01 Å². The zero-order valence-electron chi connectivity index (χ0n) is 14.3. The molecule has 27 heavy (non-hydrogen) atoms. The van der Waals surface area contributed by atoms with Gasteiger partial charge in [-0.3, -0.25) is 0 Å². The summed E-state index contributed by atoms with van der Waals surface area (Å²) in [5, 5.41) is 12.6. The lowest BCUT2D eigenvalue weighted by Crippen LogP contribution is -1.99. The first-order chi connectivity index (χ1) is 13.2. The average Bonchev–Trinajstić information content (AvgIpc) is 3.28. The molecule has 6 aromatic rings. The maximum absolute atomic E-state index is 4.73. The van der Waals surface area contributed by atoms with Crippen LogP contribution in [0, 0.1) is 6.92 Å². The molecule has 0 atom stereocenters. The summed E-state index contributed by atoms with van der Waals surface area (Å²) in [5.74, 6) is 0. The second-order valence-corrected chi connectivity index (χ2v) is 7.58. The molecule has 128 valence electrons. The molecule has 0 saturated carbocycles. The van der Waals surface area contributed by atoms with Gasteiger partial charge in [0.2, 0.25) is 0 Å². The van der Waals surface area contributed by atoms with Gasteiger partial charge < -0.3 is 0 Å². The summed E-state index contributed by atoms with van der Waals surface area (Å²) in [5.41, 5.74) is 4.93. The Balaban J connectivity index is 1.57. The molecular weight excluding hydrogens is 356 g/mol. The summed E-state index contributed by atoms with van der Waals surface area (Å²) in [7, 11) is 0. The van der Waals surface area contributed by atoms with Crippen molar-refractivity contribution in [2.75, 3.05) is 0 Å². The highest BCUT2D eigenvalue weighted by Gasteiger charge is 2.11. The van der Waals surface area contributed by atoms with Crippen LogP contribution in [-0.2, 0) is 0 Å². The molecule has 0 saturated heterocycles. The summed E-state index contributed by atoms with van der Waals surface area (Å²) >= 11 is 1.56. The van der Waals surface area contributed by atoms with Crippen molar-refractivity contribution in [3.05, 3.63) is 59.6 Å². The van der Waals surface area contributed by atoms with Gasteiger partial charge in [0.15, 0.2) is 10.5 Å². The number of aromatic nitrogens is 6. The second-order valence-electron chi connectivity index (χ2n) is 6.40. The molecule has 3 heterocycles. The van der Waals surface area contributed by atoms with Crippen molar-refractivity contribution in [1.82, 2.24) is 29.9 Å². The van der Waals surface area contributed by atoms with Crippen LogP contribution in [-0.4, -0.2) is 29.9 Å². The van der Waals surface area contributed by atoms with Crippen molar-refractivity contribution in [3.63, 3.8) is 0 Å². The molecule has 0 aliphatic heterocycles. The van der Waals surface area contributed by atoms with E-state index in [9.17, 15) is 0 Å². The van der Waals surface area contributed by atoms with Crippen LogP contribution < -0.4 is 0 Å². The number of aryl methyl sites for hydroxylation is 1. The van der Waals surface area contributed by atoms with Gasteiger partial charge in [-0.05, 0) is 36.6 Å². The van der Waals surface area contributed by atoms with Gasteiger partial charge in [0.05, 0.1) is 21.7 Å². The van der Waals surface area contributed by atoms with E-state index in [-0.39, 0.29) is 0 Å². The Kier molecular flexibility index (Phi) is 2.87. The Morgan fingerprint density at radius 2 is 1.70 bits per heavy atom. The summed E-state index contributed by atoms with van der Waals surface area (Å²) < 4.78 is 0. The van der Waals surface area contributed by atoms with Gasteiger partial charge >= 0.3 is 0 Å². The number of nitrogens with zero attached hydrogens (tertiary/aromatic N) is 6. The smallest absolute Gasteiger partial charge is 0.190 e. The van der Waals surface area contributed by atoms with Crippen molar-refractivity contribution in [1.29, 1.82) is 0 Å². The number of hydrogen-bond donors (Lipinski definition) is 0. The molecule has 0 aliphatic rings. The molecule has 0 spiro atoms. The Hall–Kier alpha value is -3.45. The Morgan fingerprint density at radius 3 is 2.67 bits per heavy atom. The van der Waals surface area contributed by atoms with E-state index in [1.54, 1.807) is 16.1 Å². The highest BCUT2D eigenvalue weighted by atomic mass is 32.1. The monoisotopic (exact) mass is 368 g/mol. The van der Waals surface area contributed by atoms with E-state index in [0.717, 1.165) is 48.4 Å². The quantitative estimate of drug-likeness (QED) is 0.429. The lowest BCUT2D eigenvalue weighted by molar-refractivity contribution is 0.767. The first kappa shape index (κ1) is 14.7. The van der Waals surface area contributed by atoms with E-state index in [1.807, 2.05) is 43.3 Å². The minimum atomic E-state index is 0.687. The van der Waals surface area contributed by atoms with Crippen molar-refractivity contribution in [2.45, 2.75) is 6.92 Å². The van der Waals surface area contributed by atoms with Crippen LogP contribution in [0.4, 0.5) is 0 Å². The van der Waals surface area contributed by atoms with E-state index in [2.05, 4.69) is 38.2 Å². The second kappa shape index (κ2) is 5.28. The minimum Gasteiger partial charge on any atom is -0.232 e. The standard InChI is InChI=1S/C20H12N6S/c1-11-21-19-20(27-11)23-15-9-7-13(10-17(15)22-19)26-24-16-8-6-12-4-2-3-5-14(12)18(16)25-26/h2-10H,1H3. The summed E-state index contributed by atoms with van der Waals surface area (Å²) in [4.78, 5) is 16.3. The molecular formula is C20H12N6S. The van der Waals surface area contributed by atoms with Crippen LogP contribution in [0.5, 0.6) is 0 Å². The fourth-order valence-electron chi connectivity index (χ4n) is 3.36. The van der Waals surface area contributed by atoms with Gasteiger partial charge in [0.25, 0.3) is 0 Å². The molecule has 0 amide bonds. The van der Waals surface area contributed by atoms with Crippen LogP contribution in [0.25, 0.3) is 49.0 Å². The number of benzene rings is 3. The lowest BCUT2D eigenvalue weighted by atomic mass is 10.1. The molecule has 0 radical (unpaired) electrons. The maximum atomic E-state index is 4.73. The molecule has 6 rings (SSSR count). The molecule has 3 aromatic carbocycles. The molecule has 0 fully saturated rings. The van der Waals surface area contributed by atoms with E-state index in [1.165, 1.54) is 0 Å². The van der Waals surface area contributed by atoms with Crippen LogP contribution in [0.3, 0.4) is 0 Å². The molecule has 0 aliphatic carbocycles. The van der Waals surface area contributed by atoms with Gasteiger partial charge in [-0.2, -0.15) is 4.80 Å². The number of thiazole rings is 1. The first-order valence-electron chi connectivity index (χ1n) is 8.55. The largest absolute Gasteiger partial charge is 0.232 e. The average molecular weight is 368 g/mol. The Morgan fingerprint density at radius 1 is 0.815 bits per heavy atom. The van der Waals surface area contributed by atoms with Crippen molar-refractivity contribution < 1.29 is 0 Å². The predicted molar refractivity (Wildman–Crippen MR) is 107 cm³/mol. The fourth-order valence-corrected chi connectivity index (χ4v) is 4.10.